The average molecular weight is 375 g/mol. The maximum absolute atomic E-state index is 4.27. The fraction of sp³-hybridized carbons (Fsp3) is 0.667. The van der Waals surface area contributed by atoms with E-state index in [1.54, 1.807) is 11.3 Å². The molecule has 1 aromatic rings. The summed E-state index contributed by atoms with van der Waals surface area (Å²) in [7, 11) is 1.81. The Morgan fingerprint density at radius 2 is 1.95 bits per heavy atom. The van der Waals surface area contributed by atoms with Gasteiger partial charge in [0.05, 0.1) is 6.54 Å². The van der Waals surface area contributed by atoms with Crippen molar-refractivity contribution in [3.05, 3.63) is 20.8 Å². The van der Waals surface area contributed by atoms with Crippen LogP contribution in [0.15, 0.2) is 20.9 Å². The maximum Gasteiger partial charge on any atom is 0.191 e. The van der Waals surface area contributed by atoms with Crippen molar-refractivity contribution >= 4 is 33.2 Å². The highest BCUT2D eigenvalue weighted by Crippen LogP contribution is 2.19. The van der Waals surface area contributed by atoms with Crippen LogP contribution in [0.1, 0.15) is 32.6 Å². The first-order chi connectivity index (χ1) is 9.93. The summed E-state index contributed by atoms with van der Waals surface area (Å²) in [4.78, 5) is 8.02. The van der Waals surface area contributed by atoms with E-state index in [0.717, 1.165) is 30.1 Å². The molecule has 0 amide bonds. The van der Waals surface area contributed by atoms with Crippen LogP contribution in [0.3, 0.4) is 0 Å². The lowest BCUT2D eigenvalue weighted by atomic mass is 10.2. The van der Waals surface area contributed by atoms with Crippen molar-refractivity contribution in [3.63, 3.8) is 0 Å². The number of hydrogen-bond donors (Lipinski definition) is 2. The van der Waals surface area contributed by atoms with Crippen LogP contribution in [0.4, 0.5) is 0 Å². The smallest absolute Gasteiger partial charge is 0.191 e. The standard InChI is InChI=1S/C15H27BrN4S/c1-11(2)20(12(3)4)7-6-18-15(17-5)19-9-14-8-13(16)10-21-14/h8,10-12H,6-7,9H2,1-5H3,(H2,17,18,19). The number of hydrogen-bond acceptors (Lipinski definition) is 3. The largest absolute Gasteiger partial charge is 0.355 e. The molecule has 120 valence electrons. The van der Waals surface area contributed by atoms with Crippen molar-refractivity contribution in [3.8, 4) is 0 Å². The van der Waals surface area contributed by atoms with Crippen LogP contribution in [0.5, 0.6) is 0 Å². The van der Waals surface area contributed by atoms with Crippen LogP contribution in [0, 0.1) is 0 Å². The second-order valence-electron chi connectivity index (χ2n) is 5.51. The van der Waals surface area contributed by atoms with Crippen molar-refractivity contribution in [2.45, 2.75) is 46.3 Å². The maximum atomic E-state index is 4.27. The quantitative estimate of drug-likeness (QED) is 0.568. The molecule has 0 aliphatic rings. The van der Waals surface area contributed by atoms with Gasteiger partial charge in [-0.25, -0.2) is 0 Å². The molecule has 0 fully saturated rings. The molecule has 0 saturated carbocycles. The summed E-state index contributed by atoms with van der Waals surface area (Å²) in [6.07, 6.45) is 0. The van der Waals surface area contributed by atoms with Crippen LogP contribution in [-0.2, 0) is 6.54 Å². The van der Waals surface area contributed by atoms with E-state index in [-0.39, 0.29) is 0 Å². The monoisotopic (exact) mass is 374 g/mol. The highest BCUT2D eigenvalue weighted by Gasteiger charge is 2.12. The summed E-state index contributed by atoms with van der Waals surface area (Å²) in [5.41, 5.74) is 0. The van der Waals surface area contributed by atoms with E-state index in [9.17, 15) is 0 Å². The summed E-state index contributed by atoms with van der Waals surface area (Å²) in [6, 6.07) is 3.25. The topological polar surface area (TPSA) is 39.7 Å². The lowest BCUT2D eigenvalue weighted by molar-refractivity contribution is 0.178. The molecule has 1 aromatic heterocycles. The molecule has 0 bridgehead atoms. The van der Waals surface area contributed by atoms with Gasteiger partial charge in [-0.3, -0.25) is 9.89 Å². The molecule has 2 N–H and O–H groups in total. The summed E-state index contributed by atoms with van der Waals surface area (Å²) in [6.45, 7) is 11.7. The highest BCUT2D eigenvalue weighted by molar-refractivity contribution is 9.10. The molecule has 0 aromatic carbocycles. The van der Waals surface area contributed by atoms with E-state index < -0.39 is 0 Å². The van der Waals surface area contributed by atoms with Crippen molar-refractivity contribution in [2.75, 3.05) is 20.1 Å². The molecule has 6 heteroatoms. The number of guanidine groups is 1. The van der Waals surface area contributed by atoms with Crippen molar-refractivity contribution < 1.29 is 0 Å². The van der Waals surface area contributed by atoms with Gasteiger partial charge < -0.3 is 10.6 Å². The molecule has 21 heavy (non-hydrogen) atoms. The third kappa shape index (κ3) is 6.80. The molecule has 0 unspecified atom stereocenters. The zero-order valence-electron chi connectivity index (χ0n) is 13.6. The minimum Gasteiger partial charge on any atom is -0.355 e. The third-order valence-corrected chi connectivity index (χ3v) is 4.96. The van der Waals surface area contributed by atoms with Crippen LogP contribution in [0.2, 0.25) is 0 Å². The van der Waals surface area contributed by atoms with Crippen molar-refractivity contribution in [1.29, 1.82) is 0 Å². The number of rotatable bonds is 7. The molecule has 4 nitrogen and oxygen atoms in total. The van der Waals surface area contributed by atoms with Crippen LogP contribution >= 0.6 is 27.3 Å². The van der Waals surface area contributed by atoms with Crippen molar-refractivity contribution in [1.82, 2.24) is 15.5 Å². The van der Waals surface area contributed by atoms with Gasteiger partial charge in [0.1, 0.15) is 0 Å². The normalized spacial score (nSPS) is 12.5. The van der Waals surface area contributed by atoms with Crippen LogP contribution < -0.4 is 10.6 Å². The third-order valence-electron chi connectivity index (χ3n) is 3.26. The van der Waals surface area contributed by atoms with E-state index in [1.165, 1.54) is 4.88 Å². The van der Waals surface area contributed by atoms with Gasteiger partial charge in [-0.05, 0) is 49.7 Å². The van der Waals surface area contributed by atoms with Gasteiger partial charge in [0, 0.05) is 47.0 Å². The van der Waals surface area contributed by atoms with Gasteiger partial charge in [0.2, 0.25) is 0 Å². The first kappa shape index (κ1) is 18.5. The van der Waals surface area contributed by atoms with Crippen LogP contribution in [-0.4, -0.2) is 43.1 Å². The average Bonchev–Trinajstić information content (AvgIpc) is 2.82. The van der Waals surface area contributed by atoms with E-state index in [0.29, 0.717) is 12.1 Å². The first-order valence-corrected chi connectivity index (χ1v) is 9.04. The van der Waals surface area contributed by atoms with Gasteiger partial charge in [-0.1, -0.05) is 0 Å². The second kappa shape index (κ2) is 9.43. The number of halogens is 1. The molecule has 0 saturated heterocycles. The molecule has 1 heterocycles. The summed E-state index contributed by atoms with van der Waals surface area (Å²) in [5, 5.41) is 8.81. The molecule has 0 aliphatic carbocycles. The number of thiophene rings is 1. The van der Waals surface area contributed by atoms with Gasteiger partial charge >= 0.3 is 0 Å². The van der Waals surface area contributed by atoms with Gasteiger partial charge in [-0.15, -0.1) is 11.3 Å². The zero-order valence-corrected chi connectivity index (χ0v) is 16.0. The Kier molecular flexibility index (Phi) is 8.29. The minimum atomic E-state index is 0.560. The summed E-state index contributed by atoms with van der Waals surface area (Å²) < 4.78 is 1.14. The summed E-state index contributed by atoms with van der Waals surface area (Å²) >= 11 is 5.21. The molecule has 1 rings (SSSR count). The Balaban J connectivity index is 2.34. The Morgan fingerprint density at radius 1 is 1.29 bits per heavy atom. The highest BCUT2D eigenvalue weighted by atomic mass is 79.9. The lowest BCUT2D eigenvalue weighted by Gasteiger charge is -2.30. The zero-order chi connectivity index (χ0) is 15.8. The predicted molar refractivity (Wildman–Crippen MR) is 97.2 cm³/mol. The number of aliphatic imine (C=N–C) groups is 1. The molecule has 0 radical (unpaired) electrons. The van der Waals surface area contributed by atoms with E-state index in [2.05, 4.69) is 75.6 Å². The van der Waals surface area contributed by atoms with E-state index >= 15 is 0 Å². The fourth-order valence-corrected chi connectivity index (χ4v) is 3.64. The number of nitrogens with one attached hydrogen (secondary N) is 2. The summed E-state index contributed by atoms with van der Waals surface area (Å²) in [5.74, 6) is 0.854. The Labute approximate surface area is 141 Å². The minimum absolute atomic E-state index is 0.560. The SMILES string of the molecule is CN=C(NCCN(C(C)C)C(C)C)NCc1cc(Br)cs1. The van der Waals surface area contributed by atoms with Gasteiger partial charge in [0.15, 0.2) is 5.96 Å². The predicted octanol–water partition coefficient (Wildman–Crippen LogP) is 3.29. The van der Waals surface area contributed by atoms with E-state index in [4.69, 9.17) is 0 Å². The van der Waals surface area contributed by atoms with Crippen LogP contribution in [0.25, 0.3) is 0 Å². The second-order valence-corrected chi connectivity index (χ2v) is 7.42. The lowest BCUT2D eigenvalue weighted by Crippen LogP contribution is -2.45. The number of nitrogens with zero attached hydrogens (tertiary/aromatic N) is 2. The molecular weight excluding hydrogens is 348 g/mol. The molecular formula is C15H27BrN4S. The van der Waals surface area contributed by atoms with Gasteiger partial charge in [-0.2, -0.15) is 0 Å². The molecule has 0 spiro atoms. The molecule has 0 aliphatic heterocycles. The Bertz CT molecular complexity index is 435. The Morgan fingerprint density at radius 3 is 2.43 bits per heavy atom. The van der Waals surface area contributed by atoms with Crippen molar-refractivity contribution in [2.24, 2.45) is 4.99 Å². The fourth-order valence-electron chi connectivity index (χ4n) is 2.25. The van der Waals surface area contributed by atoms with E-state index in [1.807, 2.05) is 7.05 Å². The molecule has 0 atom stereocenters. The first-order valence-electron chi connectivity index (χ1n) is 7.37. The Hall–Kier alpha value is -0.590. The van der Waals surface area contributed by atoms with Gasteiger partial charge in [0.25, 0.3) is 0 Å².